The summed E-state index contributed by atoms with van der Waals surface area (Å²) in [4.78, 5) is 0. The minimum absolute atomic E-state index is 0. The predicted molar refractivity (Wildman–Crippen MR) is 27.2 cm³/mol. The van der Waals surface area contributed by atoms with Gasteiger partial charge in [0, 0.05) is 1.43 Å². The quantitative estimate of drug-likeness (QED) is 0.364. The molecule has 3 nitrogen and oxygen atoms in total. The highest BCUT2D eigenvalue weighted by atomic mass is 32.3. The van der Waals surface area contributed by atoms with Crippen molar-refractivity contribution in [3.8, 4) is 0 Å². The second-order valence-corrected chi connectivity index (χ2v) is 5.95. The van der Waals surface area contributed by atoms with Crippen molar-refractivity contribution in [3.05, 3.63) is 0 Å². The average molecular weight is 143 g/mol. The summed E-state index contributed by atoms with van der Waals surface area (Å²) in [5.41, 5.74) is 0. The van der Waals surface area contributed by atoms with Gasteiger partial charge in [-0.1, -0.05) is 0 Å². The van der Waals surface area contributed by atoms with E-state index in [1.54, 1.807) is 0 Å². The number of rotatable bonds is 1. The molecule has 0 aliphatic rings. The number of hydrogen-bond donors (Lipinski definition) is 0. The van der Waals surface area contributed by atoms with Gasteiger partial charge in [-0.15, -0.1) is 0 Å². The van der Waals surface area contributed by atoms with Gasteiger partial charge in [0.15, 0.2) is 9.70 Å². The topological polar surface area (TPSA) is 51.2 Å². The van der Waals surface area contributed by atoms with Crippen LogP contribution in [0.4, 0.5) is 0 Å². The van der Waals surface area contributed by atoms with Crippen LogP contribution in [-0.4, -0.2) is 16.3 Å². The maximum absolute atomic E-state index is 9.44. The van der Waals surface area contributed by atoms with Crippen molar-refractivity contribution in [1.29, 1.82) is 0 Å². The van der Waals surface area contributed by atoms with Crippen molar-refractivity contribution in [2.75, 3.05) is 0 Å². The summed E-state index contributed by atoms with van der Waals surface area (Å²) in [5, 5.41) is 0. The lowest BCUT2D eigenvalue weighted by Gasteiger charge is -1.40. The van der Waals surface area contributed by atoms with E-state index in [2.05, 4.69) is 0 Å². The van der Waals surface area contributed by atoms with Crippen LogP contribution in [0.1, 0.15) is 1.43 Å². The minimum atomic E-state index is -2.06. The molecule has 0 heterocycles. The molecule has 0 spiro atoms. The highest BCUT2D eigenvalue weighted by Gasteiger charge is 1.62. The molecule has 1 atom stereocenters. The van der Waals surface area contributed by atoms with Crippen molar-refractivity contribution in [1.82, 2.24) is 0 Å². The molecule has 6 heteroatoms. The Morgan fingerprint density at radius 1 is 1.67 bits per heavy atom. The molecule has 0 bridgehead atoms. The molecule has 0 saturated heterocycles. The van der Waals surface area contributed by atoms with Crippen molar-refractivity contribution in [2.24, 2.45) is 0 Å². The maximum Gasteiger partial charge on any atom is 0.266 e. The van der Waals surface area contributed by atoms with E-state index < -0.39 is 17.7 Å². The lowest BCUT2D eigenvalue weighted by atomic mass is 15.9. The van der Waals surface area contributed by atoms with Crippen LogP contribution in [0.15, 0.2) is 0 Å². The number of hydrogen-bond acceptors (Lipinski definition) is 3. The largest absolute Gasteiger partial charge is 0.330 e. The second kappa shape index (κ2) is 3.46. The second-order valence-electron chi connectivity index (χ2n) is 0.470. The van der Waals surface area contributed by atoms with Crippen molar-refractivity contribution < 1.29 is 14.4 Å². The van der Waals surface area contributed by atoms with Gasteiger partial charge in [0.05, 0.1) is 8.01 Å². The molecule has 0 aromatic heterocycles. The Labute approximate surface area is 40.8 Å². The Balaban J connectivity index is 0. The normalized spacial score (nSPS) is 9.33. The van der Waals surface area contributed by atoms with E-state index in [1.165, 1.54) is 0 Å². The summed E-state index contributed by atoms with van der Waals surface area (Å²) in [5.74, 6) is 0. The molecule has 0 rings (SSSR count). The van der Waals surface area contributed by atoms with Gasteiger partial charge in [0.2, 0.25) is 0 Å². The lowest BCUT2D eigenvalue weighted by molar-refractivity contribution is 0.605. The Bertz CT molecular complexity index is 150. The molecule has 0 aromatic rings. The summed E-state index contributed by atoms with van der Waals surface area (Å²) in [7, 11) is -3.53. The fourth-order valence-electron chi connectivity index (χ4n) is 0.0393. The molecule has 0 amide bonds. The van der Waals surface area contributed by atoms with E-state index in [9.17, 15) is 13.0 Å². The summed E-state index contributed by atoms with van der Waals surface area (Å²) in [6, 6.07) is 0. The smallest absolute Gasteiger partial charge is 0.266 e. The average Bonchev–Trinajstić information content (AvgIpc) is 1.35. The molecule has 1 radical (unpaired) electrons. The summed E-state index contributed by atoms with van der Waals surface area (Å²) < 4.78 is 28.3. The van der Waals surface area contributed by atoms with Crippen molar-refractivity contribution >= 4 is 25.6 Å². The van der Waals surface area contributed by atoms with Gasteiger partial charge >= 0.3 is 0 Å². The van der Waals surface area contributed by atoms with Crippen LogP contribution in [0.5, 0.6) is 0 Å². The molecular formula is H4O3PSSi. The highest BCUT2D eigenvalue weighted by molar-refractivity contribution is 7.94. The summed E-state index contributed by atoms with van der Waals surface area (Å²) >= 11 is 0. The van der Waals surface area contributed by atoms with Crippen LogP contribution < -0.4 is 0 Å². The molecular weight excluding hydrogens is 139 g/mol. The Morgan fingerprint density at radius 2 is 2.17 bits per heavy atom. The SMILES string of the molecule is O=[PH2][Si]=S(=O)=O.[HH]. The van der Waals surface area contributed by atoms with Crippen LogP contribution in [0.25, 0.3) is 0 Å². The van der Waals surface area contributed by atoms with Crippen molar-refractivity contribution in [2.45, 2.75) is 0 Å². The molecule has 37 valence electrons. The van der Waals surface area contributed by atoms with Crippen molar-refractivity contribution in [3.63, 3.8) is 0 Å². The fourth-order valence-corrected chi connectivity index (χ4v) is 1.06. The highest BCUT2D eigenvalue weighted by Crippen LogP contribution is 1.72. The Hall–Kier alpha value is 0.267. The molecule has 0 aromatic carbocycles. The van der Waals surface area contributed by atoms with Crippen LogP contribution in [0, 0.1) is 0 Å². The Kier molecular flexibility index (Phi) is 3.61. The van der Waals surface area contributed by atoms with Gasteiger partial charge in [0.25, 0.3) is 7.89 Å². The van der Waals surface area contributed by atoms with Crippen LogP contribution >= 0.6 is 8.01 Å². The van der Waals surface area contributed by atoms with Crippen LogP contribution in [0.3, 0.4) is 0 Å². The van der Waals surface area contributed by atoms with Crippen LogP contribution in [-0.2, 0) is 14.3 Å². The zero-order chi connectivity index (χ0) is 4.99. The lowest BCUT2D eigenvalue weighted by Crippen LogP contribution is -1.55. The summed E-state index contributed by atoms with van der Waals surface area (Å²) in [6.07, 6.45) is 0. The van der Waals surface area contributed by atoms with E-state index in [4.69, 9.17) is 0 Å². The maximum atomic E-state index is 9.44. The first-order valence-corrected chi connectivity index (χ1v) is 6.14. The molecule has 1 unspecified atom stereocenters. The Morgan fingerprint density at radius 3 is 2.17 bits per heavy atom. The first-order valence-electron chi connectivity index (χ1n) is 1.06. The summed E-state index contributed by atoms with van der Waals surface area (Å²) in [6.45, 7) is 0. The molecule has 0 aliphatic heterocycles. The third-order valence-corrected chi connectivity index (χ3v) is 3.90. The predicted octanol–water partition coefficient (Wildman–Crippen LogP) is -0.598. The van der Waals surface area contributed by atoms with E-state index in [0.717, 1.165) is 0 Å². The monoisotopic (exact) mass is 143 g/mol. The third-order valence-electron chi connectivity index (χ3n) is 0.144. The minimum Gasteiger partial charge on any atom is -0.330 e. The van der Waals surface area contributed by atoms with E-state index in [1.807, 2.05) is 0 Å². The molecule has 0 saturated carbocycles. The first kappa shape index (κ1) is 6.27. The van der Waals surface area contributed by atoms with Gasteiger partial charge in [-0.25, -0.2) is 0 Å². The van der Waals surface area contributed by atoms with Gasteiger partial charge in [-0.05, 0) is 0 Å². The molecule has 0 aliphatic carbocycles. The standard InChI is InChI=1S/H2O3PSSi.H2/c1-4-6-5(2)3;/h4H2;1H. The zero-order valence-electron chi connectivity index (χ0n) is 2.71. The zero-order valence-corrected chi connectivity index (χ0v) is 5.68. The van der Waals surface area contributed by atoms with E-state index in [-0.39, 0.29) is 9.32 Å². The van der Waals surface area contributed by atoms with Gasteiger partial charge < -0.3 is 4.57 Å². The molecule has 6 heavy (non-hydrogen) atoms. The van der Waals surface area contributed by atoms with Crippen LogP contribution in [0.2, 0.25) is 0 Å². The molecule has 0 N–H and O–H groups in total. The third kappa shape index (κ3) is 4.27. The first-order chi connectivity index (χ1) is 2.77. The van der Waals surface area contributed by atoms with Gasteiger partial charge in [0.1, 0.15) is 0 Å². The van der Waals surface area contributed by atoms with E-state index in [0.29, 0.717) is 0 Å². The fraction of sp³-hybridized carbons (Fsp3) is 0. The molecule has 0 fully saturated rings. The van der Waals surface area contributed by atoms with Gasteiger partial charge in [-0.2, -0.15) is 8.42 Å². The van der Waals surface area contributed by atoms with Gasteiger partial charge in [-0.3, -0.25) is 0 Å². The van der Waals surface area contributed by atoms with E-state index >= 15 is 0 Å².